The van der Waals surface area contributed by atoms with Crippen molar-refractivity contribution < 1.29 is 13.2 Å². The van der Waals surface area contributed by atoms with Gasteiger partial charge in [-0.15, -0.1) is 0 Å². The van der Waals surface area contributed by atoms with Gasteiger partial charge in [0.1, 0.15) is 0 Å². The molecule has 5 nitrogen and oxygen atoms in total. The number of sulfonamides is 1. The van der Waals surface area contributed by atoms with E-state index >= 15 is 0 Å². The molecular formula is C17H26N2O3S. The monoisotopic (exact) mass is 338 g/mol. The van der Waals surface area contributed by atoms with Crippen LogP contribution in [0.5, 0.6) is 0 Å². The average Bonchev–Trinajstić information content (AvgIpc) is 2.52. The number of rotatable bonds is 5. The molecule has 1 aromatic rings. The second kappa shape index (κ2) is 7.45. The molecule has 1 aliphatic rings. The molecule has 1 amide bonds. The summed E-state index contributed by atoms with van der Waals surface area (Å²) in [6.45, 7) is 7.86. The van der Waals surface area contributed by atoms with E-state index in [4.69, 9.17) is 0 Å². The van der Waals surface area contributed by atoms with E-state index in [-0.39, 0.29) is 10.8 Å². The largest absolute Gasteiger partial charge is 0.352 e. The number of amides is 1. The van der Waals surface area contributed by atoms with E-state index in [1.165, 1.54) is 12.1 Å². The number of benzene rings is 1. The molecular weight excluding hydrogens is 312 g/mol. The van der Waals surface area contributed by atoms with Crippen LogP contribution in [0.1, 0.15) is 44.0 Å². The third kappa shape index (κ3) is 4.54. The minimum absolute atomic E-state index is 0.172. The van der Waals surface area contributed by atoms with Crippen LogP contribution >= 0.6 is 0 Å². The van der Waals surface area contributed by atoms with Crippen molar-refractivity contribution in [2.45, 2.75) is 38.5 Å². The highest BCUT2D eigenvalue weighted by Crippen LogP contribution is 2.23. The van der Waals surface area contributed by atoms with Gasteiger partial charge in [0.15, 0.2) is 0 Å². The number of carbonyl (C=O) groups is 1. The van der Waals surface area contributed by atoms with E-state index in [1.54, 1.807) is 16.4 Å². The first kappa shape index (κ1) is 17.9. The Kier molecular flexibility index (Phi) is 5.81. The molecule has 1 aromatic carbocycles. The van der Waals surface area contributed by atoms with Gasteiger partial charge in [0.2, 0.25) is 10.0 Å². The normalized spacial score (nSPS) is 19.7. The highest BCUT2D eigenvalue weighted by atomic mass is 32.2. The summed E-state index contributed by atoms with van der Waals surface area (Å²) in [5.41, 5.74) is 0.483. The molecule has 1 N–H and O–H groups in total. The molecule has 0 spiro atoms. The van der Waals surface area contributed by atoms with Gasteiger partial charge in [-0.1, -0.05) is 20.8 Å². The van der Waals surface area contributed by atoms with Crippen molar-refractivity contribution in [3.8, 4) is 0 Å². The first-order valence-electron chi connectivity index (χ1n) is 8.19. The average molecular weight is 338 g/mol. The van der Waals surface area contributed by atoms with E-state index in [9.17, 15) is 13.2 Å². The molecule has 1 fully saturated rings. The van der Waals surface area contributed by atoms with Crippen LogP contribution in [-0.2, 0) is 10.0 Å². The molecule has 2 rings (SSSR count). The van der Waals surface area contributed by atoms with E-state index in [2.05, 4.69) is 12.2 Å². The fraction of sp³-hybridized carbons (Fsp3) is 0.588. The molecule has 128 valence electrons. The molecule has 0 aromatic heterocycles. The topological polar surface area (TPSA) is 66.5 Å². The Morgan fingerprint density at radius 2 is 1.96 bits per heavy atom. The quantitative estimate of drug-likeness (QED) is 0.897. The predicted molar refractivity (Wildman–Crippen MR) is 90.8 cm³/mol. The zero-order chi connectivity index (χ0) is 17.0. The van der Waals surface area contributed by atoms with Gasteiger partial charge < -0.3 is 5.32 Å². The Balaban J connectivity index is 2.10. The van der Waals surface area contributed by atoms with E-state index < -0.39 is 10.0 Å². The Morgan fingerprint density at radius 3 is 2.52 bits per heavy atom. The Hall–Kier alpha value is -1.40. The number of hydrogen-bond acceptors (Lipinski definition) is 3. The van der Waals surface area contributed by atoms with Gasteiger partial charge in [-0.05, 0) is 48.9 Å². The van der Waals surface area contributed by atoms with Crippen LogP contribution in [0.3, 0.4) is 0 Å². The predicted octanol–water partition coefficient (Wildman–Crippen LogP) is 2.49. The summed E-state index contributed by atoms with van der Waals surface area (Å²) < 4.78 is 26.9. The second-order valence-electron chi connectivity index (χ2n) is 6.74. The summed E-state index contributed by atoms with van der Waals surface area (Å²) >= 11 is 0. The number of nitrogens with one attached hydrogen (secondary N) is 1. The van der Waals surface area contributed by atoms with E-state index in [1.807, 2.05) is 13.8 Å². The highest BCUT2D eigenvalue weighted by molar-refractivity contribution is 7.89. The van der Waals surface area contributed by atoms with Crippen LogP contribution in [0.25, 0.3) is 0 Å². The fourth-order valence-corrected chi connectivity index (χ4v) is 4.29. The third-order valence-electron chi connectivity index (χ3n) is 4.04. The first-order valence-corrected chi connectivity index (χ1v) is 9.63. The van der Waals surface area contributed by atoms with E-state index in [0.717, 1.165) is 12.8 Å². The van der Waals surface area contributed by atoms with Crippen LogP contribution in [0.15, 0.2) is 29.2 Å². The fourth-order valence-electron chi connectivity index (χ4n) is 2.69. The van der Waals surface area contributed by atoms with Crippen molar-refractivity contribution in [2.75, 3.05) is 19.6 Å². The molecule has 23 heavy (non-hydrogen) atoms. The lowest BCUT2D eigenvalue weighted by Gasteiger charge is -2.30. The van der Waals surface area contributed by atoms with Crippen molar-refractivity contribution in [1.82, 2.24) is 9.62 Å². The standard InChI is InChI=1S/C17H26N2O3S/c1-13(2)11-18-17(20)15-6-8-16(9-7-15)23(21,22)19-10-4-5-14(3)12-19/h6-9,13-14H,4-5,10-12H2,1-3H3,(H,18,20). The van der Waals surface area contributed by atoms with Gasteiger partial charge in [-0.3, -0.25) is 4.79 Å². The summed E-state index contributed by atoms with van der Waals surface area (Å²) in [5, 5.41) is 2.83. The van der Waals surface area contributed by atoms with Crippen LogP contribution in [0.4, 0.5) is 0 Å². The lowest BCUT2D eigenvalue weighted by molar-refractivity contribution is 0.0949. The summed E-state index contributed by atoms with van der Waals surface area (Å²) in [6.07, 6.45) is 1.97. The molecule has 0 aliphatic carbocycles. The smallest absolute Gasteiger partial charge is 0.251 e. The molecule has 1 heterocycles. The zero-order valence-corrected chi connectivity index (χ0v) is 14.9. The van der Waals surface area contributed by atoms with Crippen molar-refractivity contribution in [1.29, 1.82) is 0 Å². The second-order valence-corrected chi connectivity index (χ2v) is 8.68. The van der Waals surface area contributed by atoms with Crippen LogP contribution < -0.4 is 5.32 Å². The molecule has 1 aliphatic heterocycles. The lowest BCUT2D eigenvalue weighted by Crippen LogP contribution is -2.39. The number of hydrogen-bond donors (Lipinski definition) is 1. The summed E-state index contributed by atoms with van der Waals surface area (Å²) in [4.78, 5) is 12.2. The van der Waals surface area contributed by atoms with Gasteiger partial charge >= 0.3 is 0 Å². The molecule has 1 unspecified atom stereocenters. The van der Waals surface area contributed by atoms with Crippen LogP contribution in [0, 0.1) is 11.8 Å². The van der Waals surface area contributed by atoms with Gasteiger partial charge in [0.25, 0.3) is 5.91 Å². The molecule has 0 saturated carbocycles. The van der Waals surface area contributed by atoms with Crippen LogP contribution in [-0.4, -0.2) is 38.3 Å². The minimum atomic E-state index is -3.46. The van der Waals surface area contributed by atoms with Crippen LogP contribution in [0.2, 0.25) is 0 Å². The summed E-state index contributed by atoms with van der Waals surface area (Å²) in [6, 6.07) is 6.21. The van der Waals surface area contributed by atoms with Gasteiger partial charge in [-0.25, -0.2) is 8.42 Å². The maximum Gasteiger partial charge on any atom is 0.251 e. The van der Waals surface area contributed by atoms with Gasteiger partial charge in [0.05, 0.1) is 4.90 Å². The van der Waals surface area contributed by atoms with Crippen molar-refractivity contribution in [2.24, 2.45) is 11.8 Å². The SMILES string of the molecule is CC(C)CNC(=O)c1ccc(S(=O)(=O)N2CCCC(C)C2)cc1. The third-order valence-corrected chi connectivity index (χ3v) is 5.92. The Morgan fingerprint density at radius 1 is 1.30 bits per heavy atom. The van der Waals surface area contributed by atoms with Gasteiger partial charge in [0, 0.05) is 25.2 Å². The Bertz CT molecular complexity index is 638. The number of piperidine rings is 1. The number of nitrogens with zero attached hydrogens (tertiary/aromatic N) is 1. The van der Waals surface area contributed by atoms with Gasteiger partial charge in [-0.2, -0.15) is 4.31 Å². The molecule has 0 bridgehead atoms. The minimum Gasteiger partial charge on any atom is -0.352 e. The highest BCUT2D eigenvalue weighted by Gasteiger charge is 2.28. The maximum atomic E-state index is 12.7. The molecule has 1 saturated heterocycles. The van der Waals surface area contributed by atoms with E-state index in [0.29, 0.717) is 37.0 Å². The Labute approximate surface area is 139 Å². The zero-order valence-electron chi connectivity index (χ0n) is 14.1. The molecule has 0 radical (unpaired) electrons. The molecule has 6 heteroatoms. The van der Waals surface area contributed by atoms with Crippen molar-refractivity contribution >= 4 is 15.9 Å². The van der Waals surface area contributed by atoms with Crippen molar-refractivity contribution in [3.63, 3.8) is 0 Å². The summed E-state index contributed by atoms with van der Waals surface area (Å²) in [7, 11) is -3.46. The maximum absolute atomic E-state index is 12.7. The number of carbonyl (C=O) groups excluding carboxylic acids is 1. The molecule has 1 atom stereocenters. The van der Waals surface area contributed by atoms with Crippen molar-refractivity contribution in [3.05, 3.63) is 29.8 Å². The first-order chi connectivity index (χ1) is 10.8. The lowest BCUT2D eigenvalue weighted by atomic mass is 10.0. The summed E-state index contributed by atoms with van der Waals surface area (Å²) in [5.74, 6) is 0.591.